The molecule has 20 heteroatoms. The van der Waals surface area contributed by atoms with E-state index in [0.29, 0.717) is 37.7 Å². The summed E-state index contributed by atoms with van der Waals surface area (Å²) < 4.78 is 33.3. The Bertz CT molecular complexity index is 2150. The van der Waals surface area contributed by atoms with Crippen LogP contribution in [0.4, 0.5) is 16.2 Å². The van der Waals surface area contributed by atoms with E-state index in [2.05, 4.69) is 32.6 Å². The van der Waals surface area contributed by atoms with Gasteiger partial charge in [0.1, 0.15) is 25.3 Å². The number of amides is 5. The van der Waals surface area contributed by atoms with Gasteiger partial charge in [0.15, 0.2) is 17.7 Å². The van der Waals surface area contributed by atoms with Crippen molar-refractivity contribution in [1.82, 2.24) is 15.5 Å². The van der Waals surface area contributed by atoms with Crippen molar-refractivity contribution in [3.05, 3.63) is 106 Å². The molecule has 0 saturated carbocycles. The summed E-state index contributed by atoms with van der Waals surface area (Å²) in [7, 11) is 1.44. The van der Waals surface area contributed by atoms with E-state index >= 15 is 0 Å². The predicted octanol–water partition coefficient (Wildman–Crippen LogP) is 4.22. The van der Waals surface area contributed by atoms with Crippen molar-refractivity contribution in [2.45, 2.75) is 64.3 Å². The van der Waals surface area contributed by atoms with Crippen LogP contribution in [0.1, 0.15) is 48.2 Å². The van der Waals surface area contributed by atoms with Crippen LogP contribution in [0.5, 0.6) is 11.5 Å². The van der Waals surface area contributed by atoms with Crippen molar-refractivity contribution in [3.8, 4) is 11.5 Å². The fourth-order valence-corrected chi connectivity index (χ4v) is 6.71. The normalized spacial score (nSPS) is 16.3. The second-order valence-corrected chi connectivity index (χ2v) is 14.8. The summed E-state index contributed by atoms with van der Waals surface area (Å²) in [5.41, 5.74) is 11.0. The molecule has 3 aromatic carbocycles. The number of azide groups is 1. The van der Waals surface area contributed by atoms with Crippen LogP contribution in [-0.4, -0.2) is 124 Å². The number of aliphatic hydroxyl groups excluding tert-OH is 1. The Labute approximate surface area is 370 Å². The number of carbonyl (C=O) groups excluding carboxylic acids is 5. The Morgan fingerprint density at radius 3 is 2.22 bits per heavy atom. The average molecular weight is 887 g/mol. The van der Waals surface area contributed by atoms with Crippen LogP contribution in [0.25, 0.3) is 10.4 Å². The number of carbonyl (C=O) groups is 5. The van der Waals surface area contributed by atoms with Gasteiger partial charge in [0.25, 0.3) is 5.91 Å². The van der Waals surface area contributed by atoms with Gasteiger partial charge in [-0.15, -0.1) is 0 Å². The highest BCUT2D eigenvalue weighted by Crippen LogP contribution is 2.42. The molecule has 5 amide bonds. The fourth-order valence-electron chi connectivity index (χ4n) is 6.71. The van der Waals surface area contributed by atoms with Gasteiger partial charge in [-0.05, 0) is 55.1 Å². The van der Waals surface area contributed by atoms with Gasteiger partial charge in [0.05, 0.1) is 64.0 Å². The minimum atomic E-state index is -1.48. The van der Waals surface area contributed by atoms with Gasteiger partial charge in [-0.25, -0.2) is 9.69 Å². The van der Waals surface area contributed by atoms with Crippen LogP contribution in [0.2, 0.25) is 0 Å². The lowest BCUT2D eigenvalue weighted by Crippen LogP contribution is -2.50. The van der Waals surface area contributed by atoms with E-state index in [0.717, 1.165) is 16.0 Å². The Kier molecular flexibility index (Phi) is 18.3. The summed E-state index contributed by atoms with van der Waals surface area (Å²) in [6.45, 7) is 9.08. The molecule has 2 aliphatic rings. The number of ether oxygens (including phenoxy) is 6. The second kappa shape index (κ2) is 24.2. The van der Waals surface area contributed by atoms with Gasteiger partial charge < -0.3 is 54.4 Å². The lowest BCUT2D eigenvalue weighted by molar-refractivity contribution is -0.130. The molecular formula is C44H54N8O12. The Morgan fingerprint density at radius 2 is 1.53 bits per heavy atom. The van der Waals surface area contributed by atoms with Crippen LogP contribution in [0.3, 0.4) is 0 Å². The first-order valence-corrected chi connectivity index (χ1v) is 20.6. The van der Waals surface area contributed by atoms with Crippen LogP contribution in [-0.2, 0) is 46.5 Å². The molecule has 4 N–H and O–H groups in total. The third kappa shape index (κ3) is 13.6. The third-order valence-corrected chi connectivity index (χ3v) is 10.1. The Morgan fingerprint density at radius 1 is 0.875 bits per heavy atom. The molecule has 1 saturated heterocycles. The van der Waals surface area contributed by atoms with Crippen LogP contribution >= 0.6 is 0 Å². The highest BCUT2D eigenvalue weighted by molar-refractivity contribution is 6.06. The minimum absolute atomic E-state index is 0.0116. The monoisotopic (exact) mass is 886 g/mol. The molecule has 0 aromatic heterocycles. The molecule has 1 fully saturated rings. The number of anilines is 2. The van der Waals surface area contributed by atoms with Crippen LogP contribution in [0, 0.1) is 0 Å². The van der Waals surface area contributed by atoms with Crippen molar-refractivity contribution in [2.24, 2.45) is 5.11 Å². The molecule has 0 radical (unpaired) electrons. The number of rotatable bonds is 23. The number of nitrogens with zero attached hydrogens (tertiary/aromatic N) is 5. The Hall–Kier alpha value is -6.70. The van der Waals surface area contributed by atoms with Crippen molar-refractivity contribution in [2.75, 3.05) is 70.1 Å². The minimum Gasteiger partial charge on any atom is -0.493 e. The number of fused-ring (bicyclic) bond motifs is 2. The molecule has 2 aliphatic heterocycles. The number of methoxy groups -OCH3 is 1. The summed E-state index contributed by atoms with van der Waals surface area (Å²) in [4.78, 5) is 71.0. The van der Waals surface area contributed by atoms with Crippen molar-refractivity contribution < 1.29 is 57.5 Å². The van der Waals surface area contributed by atoms with Crippen molar-refractivity contribution in [3.63, 3.8) is 0 Å². The number of nitrogens with one attached hydrogen (secondary N) is 3. The summed E-state index contributed by atoms with van der Waals surface area (Å²) >= 11 is 0. The molecule has 4 atom stereocenters. The number of benzene rings is 3. The summed E-state index contributed by atoms with van der Waals surface area (Å²) in [6, 6.07) is 16.2. The van der Waals surface area contributed by atoms with Crippen LogP contribution in [0.15, 0.2) is 84.0 Å². The zero-order chi connectivity index (χ0) is 46.0. The highest BCUT2D eigenvalue weighted by Gasteiger charge is 2.46. The molecule has 2 heterocycles. The van der Waals surface area contributed by atoms with Gasteiger partial charge in [-0.1, -0.05) is 59.7 Å². The summed E-state index contributed by atoms with van der Waals surface area (Å²) in [5, 5.41) is 22.9. The van der Waals surface area contributed by atoms with Gasteiger partial charge in [0.2, 0.25) is 17.7 Å². The zero-order valence-electron chi connectivity index (χ0n) is 36.0. The first-order chi connectivity index (χ1) is 30.9. The van der Waals surface area contributed by atoms with Crippen molar-refractivity contribution >= 4 is 41.1 Å². The van der Waals surface area contributed by atoms with E-state index in [-0.39, 0.29) is 75.1 Å². The smallest absolute Gasteiger partial charge is 0.416 e. The number of aliphatic hydroxyl groups is 1. The third-order valence-electron chi connectivity index (χ3n) is 10.1. The largest absolute Gasteiger partial charge is 0.493 e. The average Bonchev–Trinajstić information content (AvgIpc) is 3.66. The molecule has 0 aliphatic carbocycles. The second-order valence-electron chi connectivity index (χ2n) is 14.8. The van der Waals surface area contributed by atoms with E-state index < -0.39 is 54.1 Å². The maximum atomic E-state index is 13.9. The number of hydrogen-bond donors (Lipinski definition) is 4. The van der Waals surface area contributed by atoms with E-state index in [9.17, 15) is 29.1 Å². The van der Waals surface area contributed by atoms with E-state index in [4.69, 9.17) is 34.0 Å². The maximum Gasteiger partial charge on any atom is 0.416 e. The summed E-state index contributed by atoms with van der Waals surface area (Å²) in [6.07, 6.45) is -2.11. The molecule has 64 heavy (non-hydrogen) atoms. The van der Waals surface area contributed by atoms with Gasteiger partial charge in [0, 0.05) is 36.2 Å². The predicted molar refractivity (Wildman–Crippen MR) is 232 cm³/mol. The van der Waals surface area contributed by atoms with Crippen LogP contribution < -0.4 is 30.3 Å². The molecule has 0 spiro atoms. The molecule has 20 nitrogen and oxygen atoms in total. The topological polar surface area (TPSA) is 252 Å². The summed E-state index contributed by atoms with van der Waals surface area (Å²) in [5.74, 6) is -1.38. The Balaban J connectivity index is 1.09. The zero-order valence-corrected chi connectivity index (χ0v) is 36.0. The quantitative estimate of drug-likeness (QED) is 0.0344. The van der Waals surface area contributed by atoms with E-state index in [1.165, 1.54) is 38.0 Å². The molecular weight excluding hydrogens is 833 g/mol. The first kappa shape index (κ1) is 48.3. The van der Waals surface area contributed by atoms with E-state index in [1.807, 2.05) is 30.3 Å². The van der Waals surface area contributed by atoms with Gasteiger partial charge in [-0.3, -0.25) is 19.2 Å². The van der Waals surface area contributed by atoms with Gasteiger partial charge >= 0.3 is 6.09 Å². The molecule has 0 bridgehead atoms. The molecule has 3 aromatic rings. The van der Waals surface area contributed by atoms with Crippen molar-refractivity contribution in [1.29, 1.82) is 0 Å². The first-order valence-electron chi connectivity index (χ1n) is 20.6. The molecule has 5 rings (SSSR count). The maximum absolute atomic E-state index is 13.9. The molecule has 342 valence electrons. The SMILES string of the molecule is C=C1C[C@H]2C(O)N(C(=O)OCc3ccc(NC(=O)[C@H](C)NC(=O)[C@H](C)NC(=O)CCOCCOCCOCCN=[N+]=[N-])cc3)c3cc(OCc4ccccc4)c(OC)cc3C(=O)N2C1. The lowest BCUT2D eigenvalue weighted by atomic mass is 10.1. The lowest BCUT2D eigenvalue weighted by Gasteiger charge is -2.31. The molecule has 1 unspecified atom stereocenters. The fraction of sp³-hybridized carbons (Fsp3) is 0.432. The number of hydrogen-bond acceptors (Lipinski definition) is 13. The highest BCUT2D eigenvalue weighted by atomic mass is 16.6. The van der Waals surface area contributed by atoms with Gasteiger partial charge in [-0.2, -0.15) is 0 Å². The van der Waals surface area contributed by atoms with E-state index in [1.54, 1.807) is 24.3 Å². The standard InChI is InChI=1S/C44H54N8O12/c1-28-22-36-43(57)52(35-24-38(63-26-31-8-6-5-7-9-31)37(59-4)23-34(35)42(56)51(36)25-28)44(58)64-27-32-10-12-33(13-11-32)49-41(55)30(3)48-40(54)29(2)47-39(53)14-16-60-18-20-62-21-19-61-17-15-46-50-45/h5-13,23-24,29-30,36,43,57H,1,14-22,25-27H2,2-4H3,(H,47,53)(H,48,54)(H,49,55)/t29-,30-,36-,43?/m0/s1.